The lowest BCUT2D eigenvalue weighted by Gasteiger charge is -2.11. The zero-order valence-corrected chi connectivity index (χ0v) is 14.6. The van der Waals surface area contributed by atoms with Crippen molar-refractivity contribution in [3.05, 3.63) is 77.4 Å². The Morgan fingerprint density at radius 3 is 2.62 bits per heavy atom. The minimum absolute atomic E-state index is 0.257. The number of carbonyl (C=O) groups excluding carboxylic acids is 1. The highest BCUT2D eigenvalue weighted by molar-refractivity contribution is 5.77. The van der Waals surface area contributed by atoms with Gasteiger partial charge in [-0.2, -0.15) is 0 Å². The average Bonchev–Trinajstić information content (AvgIpc) is 2.64. The maximum atomic E-state index is 11.3. The van der Waals surface area contributed by atoms with Gasteiger partial charge in [-0.25, -0.2) is 9.97 Å². The first-order chi connectivity index (χ1) is 12.6. The van der Waals surface area contributed by atoms with Gasteiger partial charge in [-0.15, -0.1) is 0 Å². The highest BCUT2D eigenvalue weighted by Gasteiger charge is 2.09. The molecular formula is C20H21N5O. The summed E-state index contributed by atoms with van der Waals surface area (Å²) in [5, 5.41) is 3.16. The van der Waals surface area contributed by atoms with E-state index in [0.29, 0.717) is 5.95 Å². The Morgan fingerprint density at radius 1 is 1.08 bits per heavy atom. The van der Waals surface area contributed by atoms with Crippen molar-refractivity contribution in [3.8, 4) is 0 Å². The molecule has 3 N–H and O–H groups in total. The molecule has 0 unspecified atom stereocenters. The van der Waals surface area contributed by atoms with E-state index in [0.717, 1.165) is 40.9 Å². The molecule has 1 amide bonds. The van der Waals surface area contributed by atoms with Crippen molar-refractivity contribution in [3.63, 3.8) is 0 Å². The van der Waals surface area contributed by atoms with E-state index in [1.54, 1.807) is 12.4 Å². The second kappa shape index (κ2) is 8.20. The number of hydrogen-bond donors (Lipinski definition) is 2. The molecule has 2 aromatic heterocycles. The van der Waals surface area contributed by atoms with Crippen LogP contribution in [0.15, 0.2) is 55.0 Å². The molecule has 0 saturated carbocycles. The summed E-state index contributed by atoms with van der Waals surface area (Å²) in [6.07, 6.45) is 7.06. The highest BCUT2D eigenvalue weighted by Crippen LogP contribution is 2.16. The zero-order chi connectivity index (χ0) is 18.4. The third-order valence-electron chi connectivity index (χ3n) is 4.11. The van der Waals surface area contributed by atoms with Gasteiger partial charge in [0.25, 0.3) is 0 Å². The van der Waals surface area contributed by atoms with E-state index >= 15 is 0 Å². The van der Waals surface area contributed by atoms with Crippen LogP contribution in [0.2, 0.25) is 0 Å². The van der Waals surface area contributed by atoms with Crippen LogP contribution in [0.5, 0.6) is 0 Å². The molecule has 0 aliphatic rings. The molecular weight excluding hydrogens is 326 g/mol. The van der Waals surface area contributed by atoms with E-state index in [4.69, 9.17) is 5.73 Å². The molecule has 132 valence electrons. The van der Waals surface area contributed by atoms with Crippen LogP contribution in [0.3, 0.4) is 0 Å². The second-order valence-corrected chi connectivity index (χ2v) is 6.10. The van der Waals surface area contributed by atoms with Crippen LogP contribution in [-0.2, 0) is 24.1 Å². The van der Waals surface area contributed by atoms with Gasteiger partial charge in [0.05, 0.1) is 18.3 Å². The van der Waals surface area contributed by atoms with Crippen LogP contribution in [0.4, 0.5) is 11.6 Å². The van der Waals surface area contributed by atoms with E-state index in [1.807, 2.05) is 49.5 Å². The molecule has 0 fully saturated rings. The standard InChI is InChI=1S/C20H21N5O/c1-14-12-23-20(24-17-7-4-10-22-13-17)25-18(14)9-8-15-5-2-3-6-16(15)11-19(21)26/h2-7,10,12-13H,8-9,11H2,1H3,(H2,21,26)(H,23,24,25). The number of nitrogens with zero attached hydrogens (tertiary/aromatic N) is 3. The smallest absolute Gasteiger partial charge is 0.227 e. The third kappa shape index (κ3) is 4.63. The lowest BCUT2D eigenvalue weighted by Crippen LogP contribution is -2.15. The van der Waals surface area contributed by atoms with Crippen LogP contribution < -0.4 is 11.1 Å². The zero-order valence-electron chi connectivity index (χ0n) is 14.6. The van der Waals surface area contributed by atoms with Gasteiger partial charge in [-0.3, -0.25) is 9.78 Å². The summed E-state index contributed by atoms with van der Waals surface area (Å²) in [6, 6.07) is 11.6. The SMILES string of the molecule is Cc1cnc(Nc2cccnc2)nc1CCc1ccccc1CC(N)=O. The van der Waals surface area contributed by atoms with Crippen molar-refractivity contribution >= 4 is 17.5 Å². The maximum absolute atomic E-state index is 11.3. The third-order valence-corrected chi connectivity index (χ3v) is 4.11. The number of rotatable bonds is 7. The summed E-state index contributed by atoms with van der Waals surface area (Å²) >= 11 is 0. The lowest BCUT2D eigenvalue weighted by atomic mass is 9.98. The summed E-state index contributed by atoms with van der Waals surface area (Å²) < 4.78 is 0. The number of aryl methyl sites for hydroxylation is 3. The predicted molar refractivity (Wildman–Crippen MR) is 101 cm³/mol. The van der Waals surface area contributed by atoms with Gasteiger partial charge in [0, 0.05) is 18.1 Å². The fourth-order valence-corrected chi connectivity index (χ4v) is 2.77. The molecule has 2 heterocycles. The van der Waals surface area contributed by atoms with Gasteiger partial charge in [-0.1, -0.05) is 24.3 Å². The summed E-state index contributed by atoms with van der Waals surface area (Å²) in [4.78, 5) is 24.3. The van der Waals surface area contributed by atoms with Gasteiger partial charge < -0.3 is 11.1 Å². The number of carbonyl (C=O) groups is 1. The van der Waals surface area contributed by atoms with Crippen LogP contribution >= 0.6 is 0 Å². The molecule has 0 radical (unpaired) electrons. The molecule has 6 nitrogen and oxygen atoms in total. The summed E-state index contributed by atoms with van der Waals surface area (Å²) in [7, 11) is 0. The summed E-state index contributed by atoms with van der Waals surface area (Å²) in [5.41, 5.74) is 10.3. The van der Waals surface area contributed by atoms with Crippen molar-refractivity contribution in [2.45, 2.75) is 26.2 Å². The molecule has 0 aliphatic heterocycles. The number of primary amides is 1. The monoisotopic (exact) mass is 347 g/mol. The van der Waals surface area contributed by atoms with E-state index in [9.17, 15) is 4.79 Å². The normalized spacial score (nSPS) is 10.5. The van der Waals surface area contributed by atoms with Crippen molar-refractivity contribution in [1.82, 2.24) is 15.0 Å². The molecule has 0 atom stereocenters. The molecule has 1 aromatic carbocycles. The van der Waals surface area contributed by atoms with Crippen LogP contribution in [0.25, 0.3) is 0 Å². The van der Waals surface area contributed by atoms with E-state index in [-0.39, 0.29) is 12.3 Å². The van der Waals surface area contributed by atoms with E-state index in [1.165, 1.54) is 0 Å². The maximum Gasteiger partial charge on any atom is 0.227 e. The Hall–Kier alpha value is -3.28. The first-order valence-electron chi connectivity index (χ1n) is 8.46. The van der Waals surface area contributed by atoms with Crippen molar-refractivity contribution < 1.29 is 4.79 Å². The molecule has 6 heteroatoms. The van der Waals surface area contributed by atoms with Gasteiger partial charge in [0.1, 0.15) is 0 Å². The Balaban J connectivity index is 1.74. The predicted octanol–water partition coefficient (Wildman–Crippen LogP) is 2.74. The Labute approximate surface area is 152 Å². The molecule has 0 spiro atoms. The number of amides is 1. The molecule has 0 bridgehead atoms. The highest BCUT2D eigenvalue weighted by atomic mass is 16.1. The number of benzene rings is 1. The average molecular weight is 347 g/mol. The number of aromatic nitrogens is 3. The van der Waals surface area contributed by atoms with E-state index < -0.39 is 0 Å². The number of nitrogens with one attached hydrogen (secondary N) is 1. The first kappa shape index (κ1) is 17.5. The number of hydrogen-bond acceptors (Lipinski definition) is 5. The topological polar surface area (TPSA) is 93.8 Å². The summed E-state index contributed by atoms with van der Waals surface area (Å²) in [6.45, 7) is 2.00. The molecule has 0 saturated heterocycles. The van der Waals surface area contributed by atoms with Gasteiger partial charge in [0.2, 0.25) is 11.9 Å². The van der Waals surface area contributed by atoms with Crippen molar-refractivity contribution in [2.75, 3.05) is 5.32 Å². The largest absolute Gasteiger partial charge is 0.369 e. The molecule has 26 heavy (non-hydrogen) atoms. The lowest BCUT2D eigenvalue weighted by molar-refractivity contribution is -0.117. The Bertz CT molecular complexity index is 896. The number of anilines is 2. The van der Waals surface area contributed by atoms with Crippen LogP contribution in [-0.4, -0.2) is 20.9 Å². The minimum atomic E-state index is -0.321. The van der Waals surface area contributed by atoms with Crippen molar-refractivity contribution in [2.24, 2.45) is 5.73 Å². The second-order valence-electron chi connectivity index (χ2n) is 6.10. The fourth-order valence-electron chi connectivity index (χ4n) is 2.77. The molecule has 3 aromatic rings. The van der Waals surface area contributed by atoms with Gasteiger partial charge in [0.15, 0.2) is 0 Å². The Kier molecular flexibility index (Phi) is 5.53. The quantitative estimate of drug-likeness (QED) is 0.685. The van der Waals surface area contributed by atoms with Crippen LogP contribution in [0.1, 0.15) is 22.4 Å². The van der Waals surface area contributed by atoms with Crippen molar-refractivity contribution in [1.29, 1.82) is 0 Å². The van der Waals surface area contributed by atoms with Gasteiger partial charge >= 0.3 is 0 Å². The van der Waals surface area contributed by atoms with E-state index in [2.05, 4.69) is 20.3 Å². The first-order valence-corrected chi connectivity index (χ1v) is 8.46. The Morgan fingerprint density at radius 2 is 1.88 bits per heavy atom. The minimum Gasteiger partial charge on any atom is -0.369 e. The fraction of sp³-hybridized carbons (Fsp3) is 0.200. The van der Waals surface area contributed by atoms with Crippen LogP contribution in [0, 0.1) is 6.92 Å². The molecule has 3 rings (SSSR count). The summed E-state index contributed by atoms with van der Waals surface area (Å²) in [5.74, 6) is 0.225. The molecule has 0 aliphatic carbocycles. The van der Waals surface area contributed by atoms with Gasteiger partial charge in [-0.05, 0) is 48.6 Å². The number of nitrogens with two attached hydrogens (primary N) is 1. The number of pyridine rings is 1.